The SMILES string of the molecule is Cc1ccc([C@H](C)NC(=O)[C@H]2CCCN(c3ccc(Cl)nn3)C2)o1. The van der Waals surface area contributed by atoms with Crippen molar-refractivity contribution in [3.05, 3.63) is 40.9 Å². The second kappa shape index (κ2) is 7.21. The lowest BCUT2D eigenvalue weighted by molar-refractivity contribution is -0.126. The highest BCUT2D eigenvalue weighted by Crippen LogP contribution is 2.23. The maximum absolute atomic E-state index is 12.6. The Kier molecular flexibility index (Phi) is 5.04. The Bertz CT molecular complexity index is 701. The molecule has 7 heteroatoms. The van der Waals surface area contributed by atoms with Crippen LogP contribution in [0.3, 0.4) is 0 Å². The van der Waals surface area contributed by atoms with Crippen molar-refractivity contribution in [3.8, 4) is 0 Å². The van der Waals surface area contributed by atoms with Gasteiger partial charge >= 0.3 is 0 Å². The van der Waals surface area contributed by atoms with Crippen molar-refractivity contribution in [1.82, 2.24) is 15.5 Å². The second-order valence-corrected chi connectivity index (χ2v) is 6.57. The fourth-order valence-corrected chi connectivity index (χ4v) is 3.07. The van der Waals surface area contributed by atoms with Crippen molar-refractivity contribution in [3.63, 3.8) is 0 Å². The smallest absolute Gasteiger partial charge is 0.225 e. The van der Waals surface area contributed by atoms with Gasteiger partial charge in [-0.1, -0.05) is 11.6 Å². The zero-order valence-electron chi connectivity index (χ0n) is 13.8. The molecule has 1 N–H and O–H groups in total. The average Bonchev–Trinajstić information content (AvgIpc) is 3.02. The summed E-state index contributed by atoms with van der Waals surface area (Å²) in [5, 5.41) is 11.4. The van der Waals surface area contributed by atoms with Crippen LogP contribution in [0.2, 0.25) is 5.15 Å². The molecule has 0 aliphatic carbocycles. The molecule has 0 saturated carbocycles. The Labute approximate surface area is 146 Å². The molecule has 0 radical (unpaired) electrons. The van der Waals surface area contributed by atoms with Crippen LogP contribution in [-0.4, -0.2) is 29.2 Å². The monoisotopic (exact) mass is 348 g/mol. The highest BCUT2D eigenvalue weighted by molar-refractivity contribution is 6.29. The van der Waals surface area contributed by atoms with E-state index in [1.165, 1.54) is 0 Å². The van der Waals surface area contributed by atoms with Gasteiger partial charge in [0.2, 0.25) is 5.91 Å². The van der Waals surface area contributed by atoms with E-state index in [9.17, 15) is 4.79 Å². The van der Waals surface area contributed by atoms with Crippen molar-refractivity contribution in [2.45, 2.75) is 32.7 Å². The number of anilines is 1. The summed E-state index contributed by atoms with van der Waals surface area (Å²) in [4.78, 5) is 14.7. The van der Waals surface area contributed by atoms with E-state index in [1.807, 2.05) is 32.0 Å². The highest BCUT2D eigenvalue weighted by Gasteiger charge is 2.28. The molecule has 0 bridgehead atoms. The van der Waals surface area contributed by atoms with E-state index in [1.54, 1.807) is 6.07 Å². The molecule has 2 aromatic rings. The summed E-state index contributed by atoms with van der Waals surface area (Å²) >= 11 is 5.78. The third-order valence-electron chi connectivity index (χ3n) is 4.28. The van der Waals surface area contributed by atoms with Gasteiger partial charge in [0.1, 0.15) is 11.5 Å². The lowest BCUT2D eigenvalue weighted by Crippen LogP contribution is -2.44. The van der Waals surface area contributed by atoms with Gasteiger partial charge in [-0.05, 0) is 51.0 Å². The van der Waals surface area contributed by atoms with Crippen LogP contribution in [0.5, 0.6) is 0 Å². The van der Waals surface area contributed by atoms with Gasteiger partial charge in [-0.15, -0.1) is 10.2 Å². The van der Waals surface area contributed by atoms with Gasteiger partial charge in [0, 0.05) is 13.1 Å². The van der Waals surface area contributed by atoms with Gasteiger partial charge in [-0.2, -0.15) is 0 Å². The second-order valence-electron chi connectivity index (χ2n) is 6.18. The van der Waals surface area contributed by atoms with E-state index >= 15 is 0 Å². The number of nitrogens with one attached hydrogen (secondary N) is 1. The minimum atomic E-state index is -0.142. The fourth-order valence-electron chi connectivity index (χ4n) is 2.97. The number of rotatable bonds is 4. The van der Waals surface area contributed by atoms with Crippen molar-refractivity contribution < 1.29 is 9.21 Å². The highest BCUT2D eigenvalue weighted by atomic mass is 35.5. The largest absolute Gasteiger partial charge is 0.464 e. The lowest BCUT2D eigenvalue weighted by Gasteiger charge is -2.33. The molecule has 3 rings (SSSR count). The number of carbonyl (C=O) groups is 1. The molecule has 24 heavy (non-hydrogen) atoms. The lowest BCUT2D eigenvalue weighted by atomic mass is 9.96. The number of carbonyl (C=O) groups excluding carboxylic acids is 1. The van der Waals surface area contributed by atoms with Crippen LogP contribution in [0.15, 0.2) is 28.7 Å². The quantitative estimate of drug-likeness (QED) is 0.919. The van der Waals surface area contributed by atoms with E-state index < -0.39 is 0 Å². The first-order valence-corrected chi connectivity index (χ1v) is 8.51. The predicted molar refractivity (Wildman–Crippen MR) is 92.0 cm³/mol. The summed E-state index contributed by atoms with van der Waals surface area (Å²) in [5.74, 6) is 2.35. The number of amides is 1. The van der Waals surface area contributed by atoms with Crippen molar-refractivity contribution >= 4 is 23.3 Å². The standard InChI is InChI=1S/C17H21ClN4O2/c1-11-5-6-14(24-11)12(2)19-17(23)13-4-3-9-22(10-13)16-8-7-15(18)20-21-16/h5-8,12-13H,3-4,9-10H2,1-2H3,(H,19,23)/t12-,13-/m0/s1. The molecule has 1 aliphatic rings. The third-order valence-corrected chi connectivity index (χ3v) is 4.48. The van der Waals surface area contributed by atoms with E-state index in [2.05, 4.69) is 20.4 Å². The van der Waals surface area contributed by atoms with Crippen molar-refractivity contribution in [2.24, 2.45) is 5.92 Å². The molecule has 2 aromatic heterocycles. The normalized spacial score (nSPS) is 19.1. The summed E-state index contributed by atoms with van der Waals surface area (Å²) in [5.41, 5.74) is 0. The maximum atomic E-state index is 12.6. The first-order valence-electron chi connectivity index (χ1n) is 8.14. The Morgan fingerprint density at radius 1 is 1.38 bits per heavy atom. The number of hydrogen-bond donors (Lipinski definition) is 1. The molecule has 6 nitrogen and oxygen atoms in total. The molecule has 1 saturated heterocycles. The van der Waals surface area contributed by atoms with E-state index in [0.29, 0.717) is 11.7 Å². The van der Waals surface area contributed by atoms with Crippen LogP contribution >= 0.6 is 11.6 Å². The van der Waals surface area contributed by atoms with Crippen LogP contribution in [-0.2, 0) is 4.79 Å². The van der Waals surface area contributed by atoms with Crippen LogP contribution in [0.25, 0.3) is 0 Å². The zero-order valence-corrected chi connectivity index (χ0v) is 14.6. The molecule has 2 atom stereocenters. The molecule has 1 aliphatic heterocycles. The summed E-state index contributed by atoms with van der Waals surface area (Å²) in [6, 6.07) is 7.21. The minimum absolute atomic E-state index is 0.0446. The average molecular weight is 349 g/mol. The number of furan rings is 1. The van der Waals surface area contributed by atoms with E-state index in [-0.39, 0.29) is 17.9 Å². The molecule has 0 unspecified atom stereocenters. The molecule has 1 amide bonds. The maximum Gasteiger partial charge on any atom is 0.225 e. The molecule has 1 fully saturated rings. The molecule has 3 heterocycles. The van der Waals surface area contributed by atoms with Gasteiger partial charge < -0.3 is 14.6 Å². The number of nitrogens with zero attached hydrogens (tertiary/aromatic N) is 3. The van der Waals surface area contributed by atoms with Crippen LogP contribution in [0, 0.1) is 12.8 Å². The van der Waals surface area contributed by atoms with Gasteiger partial charge in [0.05, 0.1) is 12.0 Å². The molecule has 128 valence electrons. The Balaban J connectivity index is 1.61. The Morgan fingerprint density at radius 3 is 2.88 bits per heavy atom. The summed E-state index contributed by atoms with van der Waals surface area (Å²) in [7, 11) is 0. The van der Waals surface area contributed by atoms with E-state index in [4.69, 9.17) is 16.0 Å². The summed E-state index contributed by atoms with van der Waals surface area (Å²) < 4.78 is 5.58. The zero-order chi connectivity index (χ0) is 17.1. The first kappa shape index (κ1) is 16.8. The van der Waals surface area contributed by atoms with Gasteiger partial charge in [-0.3, -0.25) is 4.79 Å². The minimum Gasteiger partial charge on any atom is -0.464 e. The van der Waals surface area contributed by atoms with Gasteiger partial charge in [0.25, 0.3) is 0 Å². The Morgan fingerprint density at radius 2 is 2.21 bits per heavy atom. The molecular formula is C17H21ClN4O2. The summed E-state index contributed by atoms with van der Waals surface area (Å²) in [6.45, 7) is 5.32. The van der Waals surface area contributed by atoms with Crippen molar-refractivity contribution in [1.29, 1.82) is 0 Å². The topological polar surface area (TPSA) is 71.3 Å². The Hall–Kier alpha value is -2.08. The summed E-state index contributed by atoms with van der Waals surface area (Å²) in [6.07, 6.45) is 1.81. The van der Waals surface area contributed by atoms with E-state index in [0.717, 1.165) is 36.7 Å². The molecule has 0 aromatic carbocycles. The number of piperidine rings is 1. The predicted octanol–water partition coefficient (Wildman–Crippen LogP) is 3.13. The van der Waals surface area contributed by atoms with Gasteiger partial charge in [-0.25, -0.2) is 0 Å². The molecular weight excluding hydrogens is 328 g/mol. The number of aromatic nitrogens is 2. The molecule has 0 spiro atoms. The number of halogens is 1. The number of hydrogen-bond acceptors (Lipinski definition) is 5. The van der Waals surface area contributed by atoms with Gasteiger partial charge in [0.15, 0.2) is 11.0 Å². The van der Waals surface area contributed by atoms with Crippen LogP contribution < -0.4 is 10.2 Å². The van der Waals surface area contributed by atoms with Crippen LogP contribution in [0.1, 0.15) is 37.3 Å². The fraction of sp³-hybridized carbons (Fsp3) is 0.471. The van der Waals surface area contributed by atoms with Crippen molar-refractivity contribution in [2.75, 3.05) is 18.0 Å². The number of aryl methyl sites for hydroxylation is 1. The van der Waals surface area contributed by atoms with Crippen LogP contribution in [0.4, 0.5) is 5.82 Å². The first-order chi connectivity index (χ1) is 11.5. The third kappa shape index (κ3) is 3.87.